The molecule has 1 aromatic carbocycles. The van der Waals surface area contributed by atoms with Gasteiger partial charge in [-0.3, -0.25) is 0 Å². The van der Waals surface area contributed by atoms with Crippen LogP contribution in [-0.2, 0) is 0 Å². The molecule has 4 heteroatoms. The molecule has 2 nitrogen and oxygen atoms in total. The van der Waals surface area contributed by atoms with Gasteiger partial charge in [0, 0.05) is 5.56 Å². The molecule has 1 heterocycles. The van der Waals surface area contributed by atoms with Crippen molar-refractivity contribution in [3.8, 4) is 11.3 Å². The highest BCUT2D eigenvalue weighted by Gasteiger charge is 2.08. The second kappa shape index (κ2) is 4.18. The first-order chi connectivity index (χ1) is 7.59. The zero-order chi connectivity index (χ0) is 11.7. The minimum absolute atomic E-state index is 0.0974. The third-order valence-electron chi connectivity index (χ3n) is 2.55. The summed E-state index contributed by atoms with van der Waals surface area (Å²) < 4.78 is 13.0. The maximum atomic E-state index is 13.0. The fourth-order valence-electron chi connectivity index (χ4n) is 1.45. The second-order valence-electron chi connectivity index (χ2n) is 3.63. The van der Waals surface area contributed by atoms with Crippen molar-refractivity contribution >= 4 is 11.6 Å². The topological polar surface area (TPSA) is 25.8 Å². The van der Waals surface area contributed by atoms with Crippen LogP contribution in [0.15, 0.2) is 24.4 Å². The first-order valence-corrected chi connectivity index (χ1v) is 5.21. The van der Waals surface area contributed by atoms with Crippen LogP contribution >= 0.6 is 11.6 Å². The lowest BCUT2D eigenvalue weighted by Gasteiger charge is -2.06. The Hall–Kier alpha value is -1.48. The minimum Gasteiger partial charge on any atom is -0.205 e. The Morgan fingerprint density at radius 2 is 2.00 bits per heavy atom. The van der Waals surface area contributed by atoms with E-state index in [1.165, 1.54) is 6.07 Å². The summed E-state index contributed by atoms with van der Waals surface area (Å²) in [5, 5.41) is 8.03. The number of hydrogen-bond acceptors (Lipinski definition) is 2. The molecule has 0 fully saturated rings. The van der Waals surface area contributed by atoms with E-state index >= 15 is 0 Å². The summed E-state index contributed by atoms with van der Waals surface area (Å²) in [6.45, 7) is 3.91. The molecule has 0 aliphatic rings. The van der Waals surface area contributed by atoms with Crippen LogP contribution in [0.1, 0.15) is 11.1 Å². The molecule has 0 atom stereocenters. The Morgan fingerprint density at radius 1 is 1.25 bits per heavy atom. The predicted octanol–water partition coefficient (Wildman–Crippen LogP) is 3.55. The lowest BCUT2D eigenvalue weighted by atomic mass is 10.0. The fourth-order valence-corrected chi connectivity index (χ4v) is 1.63. The predicted molar refractivity (Wildman–Crippen MR) is 61.9 cm³/mol. The van der Waals surface area contributed by atoms with E-state index in [1.807, 2.05) is 13.8 Å². The number of halogens is 2. The molecule has 0 radical (unpaired) electrons. The maximum Gasteiger partial charge on any atom is 0.141 e. The zero-order valence-electron chi connectivity index (χ0n) is 8.96. The average molecular weight is 237 g/mol. The molecule has 0 N–H and O–H groups in total. The van der Waals surface area contributed by atoms with Crippen LogP contribution in [0.2, 0.25) is 5.02 Å². The fraction of sp³-hybridized carbons (Fsp3) is 0.167. The molecule has 2 aromatic rings. The highest BCUT2D eigenvalue weighted by molar-refractivity contribution is 6.31. The van der Waals surface area contributed by atoms with Gasteiger partial charge in [0.1, 0.15) is 5.82 Å². The Kier molecular flexibility index (Phi) is 2.88. The van der Waals surface area contributed by atoms with Gasteiger partial charge in [0.05, 0.1) is 16.9 Å². The maximum absolute atomic E-state index is 13.0. The van der Waals surface area contributed by atoms with Crippen molar-refractivity contribution in [3.05, 3.63) is 46.4 Å². The van der Waals surface area contributed by atoms with Gasteiger partial charge in [-0.05, 0) is 43.2 Å². The number of aromatic nitrogens is 2. The van der Waals surface area contributed by atoms with E-state index in [1.54, 1.807) is 18.3 Å². The Labute approximate surface area is 98.1 Å². The molecule has 0 bridgehead atoms. The van der Waals surface area contributed by atoms with E-state index in [-0.39, 0.29) is 5.02 Å². The van der Waals surface area contributed by atoms with E-state index in [4.69, 9.17) is 11.6 Å². The number of benzene rings is 1. The highest BCUT2D eigenvalue weighted by Crippen LogP contribution is 2.26. The van der Waals surface area contributed by atoms with Gasteiger partial charge < -0.3 is 0 Å². The molecular weight excluding hydrogens is 227 g/mol. The molecule has 0 spiro atoms. The first-order valence-electron chi connectivity index (χ1n) is 4.84. The SMILES string of the molecule is Cc1cnnc(-c2ccc(F)c(Cl)c2)c1C. The zero-order valence-corrected chi connectivity index (χ0v) is 9.72. The smallest absolute Gasteiger partial charge is 0.141 e. The van der Waals surface area contributed by atoms with Crippen LogP contribution < -0.4 is 0 Å². The Bertz CT molecular complexity index is 541. The van der Waals surface area contributed by atoms with Gasteiger partial charge in [0.2, 0.25) is 0 Å². The number of rotatable bonds is 1. The van der Waals surface area contributed by atoms with Crippen molar-refractivity contribution in [3.63, 3.8) is 0 Å². The Morgan fingerprint density at radius 3 is 2.69 bits per heavy atom. The lowest BCUT2D eigenvalue weighted by Crippen LogP contribution is -1.94. The summed E-state index contributed by atoms with van der Waals surface area (Å²) >= 11 is 5.73. The molecule has 0 aliphatic heterocycles. The van der Waals surface area contributed by atoms with Crippen molar-refractivity contribution in [2.45, 2.75) is 13.8 Å². The monoisotopic (exact) mass is 236 g/mol. The van der Waals surface area contributed by atoms with Crippen LogP contribution in [0.5, 0.6) is 0 Å². The quantitative estimate of drug-likeness (QED) is 0.757. The van der Waals surface area contributed by atoms with E-state index in [9.17, 15) is 4.39 Å². The molecule has 16 heavy (non-hydrogen) atoms. The normalized spacial score (nSPS) is 10.5. The third kappa shape index (κ3) is 1.91. The molecule has 2 rings (SSSR count). The summed E-state index contributed by atoms with van der Waals surface area (Å²) in [6, 6.07) is 4.55. The lowest BCUT2D eigenvalue weighted by molar-refractivity contribution is 0.628. The van der Waals surface area contributed by atoms with Gasteiger partial charge in [-0.2, -0.15) is 10.2 Å². The standard InChI is InChI=1S/C12H10ClFN2/c1-7-6-15-16-12(8(7)2)9-3-4-11(14)10(13)5-9/h3-6H,1-2H3. The van der Waals surface area contributed by atoms with Gasteiger partial charge in [0.15, 0.2) is 0 Å². The number of nitrogens with zero attached hydrogens (tertiary/aromatic N) is 2. The number of hydrogen-bond donors (Lipinski definition) is 0. The average Bonchev–Trinajstić information content (AvgIpc) is 2.26. The van der Waals surface area contributed by atoms with Crippen LogP contribution in [0.3, 0.4) is 0 Å². The largest absolute Gasteiger partial charge is 0.205 e. The summed E-state index contributed by atoms with van der Waals surface area (Å²) in [6.07, 6.45) is 1.70. The molecule has 0 saturated carbocycles. The van der Waals surface area contributed by atoms with E-state index in [0.29, 0.717) is 0 Å². The summed E-state index contributed by atoms with van der Waals surface area (Å²) in [7, 11) is 0. The van der Waals surface area contributed by atoms with E-state index in [2.05, 4.69) is 10.2 Å². The summed E-state index contributed by atoms with van der Waals surface area (Å²) in [4.78, 5) is 0. The van der Waals surface area contributed by atoms with Crippen molar-refractivity contribution < 1.29 is 4.39 Å². The van der Waals surface area contributed by atoms with Crippen LogP contribution in [-0.4, -0.2) is 10.2 Å². The van der Waals surface area contributed by atoms with Gasteiger partial charge in [-0.1, -0.05) is 11.6 Å². The molecule has 82 valence electrons. The highest BCUT2D eigenvalue weighted by atomic mass is 35.5. The van der Waals surface area contributed by atoms with Gasteiger partial charge >= 0.3 is 0 Å². The van der Waals surface area contributed by atoms with Crippen molar-refractivity contribution in [2.24, 2.45) is 0 Å². The molecule has 0 aliphatic carbocycles. The van der Waals surface area contributed by atoms with Crippen molar-refractivity contribution in [2.75, 3.05) is 0 Å². The second-order valence-corrected chi connectivity index (χ2v) is 4.04. The number of aryl methyl sites for hydroxylation is 1. The summed E-state index contributed by atoms with van der Waals surface area (Å²) in [5.41, 5.74) is 3.59. The van der Waals surface area contributed by atoms with Crippen molar-refractivity contribution in [1.82, 2.24) is 10.2 Å². The van der Waals surface area contributed by atoms with Crippen LogP contribution in [0.4, 0.5) is 4.39 Å². The van der Waals surface area contributed by atoms with Gasteiger partial charge in [-0.25, -0.2) is 4.39 Å². The molecular formula is C12H10ClFN2. The molecule has 0 unspecified atom stereocenters. The molecule has 1 aromatic heterocycles. The van der Waals surface area contributed by atoms with Crippen LogP contribution in [0.25, 0.3) is 11.3 Å². The van der Waals surface area contributed by atoms with Crippen molar-refractivity contribution in [1.29, 1.82) is 0 Å². The molecule has 0 amide bonds. The molecule has 0 saturated heterocycles. The summed E-state index contributed by atoms with van der Waals surface area (Å²) in [5.74, 6) is -0.427. The Balaban J connectivity index is 2.59. The van der Waals surface area contributed by atoms with Gasteiger partial charge in [0.25, 0.3) is 0 Å². The van der Waals surface area contributed by atoms with Crippen LogP contribution in [0, 0.1) is 19.7 Å². The third-order valence-corrected chi connectivity index (χ3v) is 2.84. The van der Waals surface area contributed by atoms with Gasteiger partial charge in [-0.15, -0.1) is 0 Å². The van der Waals surface area contributed by atoms with E-state index in [0.717, 1.165) is 22.4 Å². The minimum atomic E-state index is -0.427. The first kappa shape index (κ1) is 11.0. The van der Waals surface area contributed by atoms with E-state index < -0.39 is 5.82 Å².